The third-order valence-corrected chi connectivity index (χ3v) is 2.47. The molecule has 20 heavy (non-hydrogen) atoms. The van der Waals surface area contributed by atoms with E-state index in [-0.39, 0.29) is 17.1 Å². The molecule has 0 spiro atoms. The number of aromatic hydroxyl groups is 2. The van der Waals surface area contributed by atoms with Gasteiger partial charge in [-0.25, -0.2) is 9.82 Å². The average molecular weight is 274 g/mol. The largest absolute Gasteiger partial charge is 0.504 e. The van der Waals surface area contributed by atoms with Gasteiger partial charge in [0.1, 0.15) is 5.82 Å². The van der Waals surface area contributed by atoms with Crippen LogP contribution in [-0.2, 0) is 0 Å². The topological polar surface area (TPSA) is 81.9 Å². The van der Waals surface area contributed by atoms with E-state index in [2.05, 4.69) is 10.5 Å². The number of phenols is 2. The van der Waals surface area contributed by atoms with Crippen LogP contribution >= 0.6 is 0 Å². The number of hydrogen-bond donors (Lipinski definition) is 3. The van der Waals surface area contributed by atoms with Crippen molar-refractivity contribution in [3.05, 3.63) is 59.4 Å². The van der Waals surface area contributed by atoms with Crippen molar-refractivity contribution >= 4 is 12.1 Å². The number of nitrogens with one attached hydrogen (secondary N) is 1. The van der Waals surface area contributed by atoms with E-state index in [0.29, 0.717) is 5.56 Å². The molecular weight excluding hydrogens is 263 g/mol. The average Bonchev–Trinajstić information content (AvgIpc) is 2.42. The Hall–Kier alpha value is -2.89. The molecule has 5 nitrogen and oxygen atoms in total. The summed E-state index contributed by atoms with van der Waals surface area (Å²) in [4.78, 5) is 11.6. The highest BCUT2D eigenvalue weighted by Crippen LogP contribution is 2.23. The van der Waals surface area contributed by atoms with E-state index < -0.39 is 11.7 Å². The van der Waals surface area contributed by atoms with E-state index >= 15 is 0 Å². The highest BCUT2D eigenvalue weighted by molar-refractivity contribution is 5.94. The van der Waals surface area contributed by atoms with Gasteiger partial charge in [0, 0.05) is 5.56 Å². The Labute approximate surface area is 114 Å². The van der Waals surface area contributed by atoms with Gasteiger partial charge in [0.15, 0.2) is 11.5 Å². The van der Waals surface area contributed by atoms with E-state index in [1.807, 2.05) is 0 Å². The number of carbonyl (C=O) groups is 1. The number of halogens is 1. The van der Waals surface area contributed by atoms with Crippen molar-refractivity contribution in [2.24, 2.45) is 5.10 Å². The number of hydrazone groups is 1. The van der Waals surface area contributed by atoms with Crippen LogP contribution in [0.4, 0.5) is 4.39 Å². The summed E-state index contributed by atoms with van der Waals surface area (Å²) in [7, 11) is 0. The summed E-state index contributed by atoms with van der Waals surface area (Å²) in [5.74, 6) is -1.59. The minimum atomic E-state index is -0.552. The quantitative estimate of drug-likeness (QED) is 0.455. The molecule has 0 bridgehead atoms. The summed E-state index contributed by atoms with van der Waals surface area (Å²) in [6.07, 6.45) is 1.29. The van der Waals surface area contributed by atoms with Crippen molar-refractivity contribution in [3.8, 4) is 11.5 Å². The minimum Gasteiger partial charge on any atom is -0.504 e. The second-order valence-corrected chi connectivity index (χ2v) is 3.96. The number of carbonyl (C=O) groups excluding carboxylic acids is 1. The molecule has 0 aromatic heterocycles. The SMILES string of the molecule is O=C(NN=Cc1ccc(O)c(O)c1)c1cccc(F)c1. The van der Waals surface area contributed by atoms with Gasteiger partial charge in [-0.3, -0.25) is 4.79 Å². The van der Waals surface area contributed by atoms with Crippen molar-refractivity contribution in [2.45, 2.75) is 0 Å². The van der Waals surface area contributed by atoms with Gasteiger partial charge in [0.05, 0.1) is 6.21 Å². The molecule has 3 N–H and O–H groups in total. The first kappa shape index (κ1) is 13.5. The lowest BCUT2D eigenvalue weighted by atomic mass is 10.2. The summed E-state index contributed by atoms with van der Waals surface area (Å²) >= 11 is 0. The van der Waals surface area contributed by atoms with Crippen molar-refractivity contribution in [1.82, 2.24) is 5.43 Å². The Morgan fingerprint density at radius 1 is 1.15 bits per heavy atom. The lowest BCUT2D eigenvalue weighted by Crippen LogP contribution is -2.17. The summed E-state index contributed by atoms with van der Waals surface area (Å²) in [5.41, 5.74) is 2.86. The monoisotopic (exact) mass is 274 g/mol. The molecular formula is C14H11FN2O3. The van der Waals surface area contributed by atoms with E-state index in [1.165, 1.54) is 42.6 Å². The molecule has 2 rings (SSSR count). The second-order valence-electron chi connectivity index (χ2n) is 3.96. The Balaban J connectivity index is 2.02. The fourth-order valence-electron chi connectivity index (χ4n) is 1.48. The normalized spacial score (nSPS) is 10.7. The lowest BCUT2D eigenvalue weighted by molar-refractivity contribution is 0.0954. The van der Waals surface area contributed by atoms with Gasteiger partial charge in [-0.1, -0.05) is 6.07 Å². The highest BCUT2D eigenvalue weighted by Gasteiger charge is 2.04. The van der Waals surface area contributed by atoms with Crippen molar-refractivity contribution < 1.29 is 19.4 Å². The van der Waals surface area contributed by atoms with E-state index in [1.54, 1.807) is 0 Å². The summed E-state index contributed by atoms with van der Waals surface area (Å²) in [6.45, 7) is 0. The van der Waals surface area contributed by atoms with Crippen LogP contribution in [0.3, 0.4) is 0 Å². The molecule has 0 unspecified atom stereocenters. The van der Waals surface area contributed by atoms with Crippen LogP contribution < -0.4 is 5.43 Å². The third-order valence-electron chi connectivity index (χ3n) is 2.47. The molecule has 0 aliphatic rings. The smallest absolute Gasteiger partial charge is 0.271 e. The molecule has 102 valence electrons. The zero-order valence-electron chi connectivity index (χ0n) is 10.2. The molecule has 2 aromatic rings. The maximum atomic E-state index is 12.9. The second kappa shape index (κ2) is 5.83. The van der Waals surface area contributed by atoms with Gasteiger partial charge in [0.2, 0.25) is 0 Å². The van der Waals surface area contributed by atoms with Gasteiger partial charge < -0.3 is 10.2 Å². The Bertz CT molecular complexity index is 671. The third kappa shape index (κ3) is 3.32. The number of nitrogens with zero attached hydrogens (tertiary/aromatic N) is 1. The van der Waals surface area contributed by atoms with Gasteiger partial charge in [-0.05, 0) is 42.0 Å². The maximum absolute atomic E-state index is 12.9. The molecule has 0 aliphatic heterocycles. The van der Waals surface area contributed by atoms with Crippen molar-refractivity contribution in [1.29, 1.82) is 0 Å². The van der Waals surface area contributed by atoms with Crippen LogP contribution in [0.1, 0.15) is 15.9 Å². The van der Waals surface area contributed by atoms with Gasteiger partial charge >= 0.3 is 0 Å². The summed E-state index contributed by atoms with van der Waals surface area (Å²) < 4.78 is 12.9. The number of hydrogen-bond acceptors (Lipinski definition) is 4. The Morgan fingerprint density at radius 3 is 2.65 bits per heavy atom. The lowest BCUT2D eigenvalue weighted by Gasteiger charge is -2.00. The number of amides is 1. The molecule has 6 heteroatoms. The minimum absolute atomic E-state index is 0.149. The van der Waals surface area contributed by atoms with E-state index in [4.69, 9.17) is 5.11 Å². The van der Waals surface area contributed by atoms with Crippen LogP contribution in [0, 0.1) is 5.82 Å². The highest BCUT2D eigenvalue weighted by atomic mass is 19.1. The fraction of sp³-hybridized carbons (Fsp3) is 0. The zero-order valence-corrected chi connectivity index (χ0v) is 10.2. The summed E-state index contributed by atoms with van der Waals surface area (Å²) in [5, 5.41) is 22.1. The zero-order chi connectivity index (χ0) is 14.5. The van der Waals surface area contributed by atoms with Crippen LogP contribution in [0.25, 0.3) is 0 Å². The molecule has 0 heterocycles. The molecule has 0 atom stereocenters. The van der Waals surface area contributed by atoms with Crippen LogP contribution in [-0.4, -0.2) is 22.3 Å². The first-order valence-corrected chi connectivity index (χ1v) is 5.67. The van der Waals surface area contributed by atoms with Crippen molar-refractivity contribution in [2.75, 3.05) is 0 Å². The standard InChI is InChI=1S/C14H11FN2O3/c15-11-3-1-2-10(7-11)14(20)17-16-8-9-4-5-12(18)13(19)6-9/h1-8,18-19H,(H,17,20). The van der Waals surface area contributed by atoms with Crippen LogP contribution in [0.5, 0.6) is 11.5 Å². The molecule has 2 aromatic carbocycles. The number of phenolic OH excluding ortho intramolecular Hbond substituents is 2. The molecule has 1 amide bonds. The van der Waals surface area contributed by atoms with Crippen LogP contribution in [0.15, 0.2) is 47.6 Å². The number of rotatable bonds is 3. The maximum Gasteiger partial charge on any atom is 0.271 e. The molecule has 0 radical (unpaired) electrons. The van der Waals surface area contributed by atoms with E-state index in [9.17, 15) is 14.3 Å². The molecule has 0 saturated carbocycles. The predicted octanol–water partition coefficient (Wildman–Crippen LogP) is 2.00. The summed E-state index contributed by atoms with van der Waals surface area (Å²) in [6, 6.07) is 9.30. The van der Waals surface area contributed by atoms with Gasteiger partial charge in [0.25, 0.3) is 5.91 Å². The predicted molar refractivity (Wildman–Crippen MR) is 71.2 cm³/mol. The van der Waals surface area contributed by atoms with E-state index in [0.717, 1.165) is 6.07 Å². The molecule has 0 aliphatic carbocycles. The first-order valence-electron chi connectivity index (χ1n) is 5.67. The van der Waals surface area contributed by atoms with Gasteiger partial charge in [-0.2, -0.15) is 5.10 Å². The Kier molecular flexibility index (Phi) is 3.95. The molecule has 0 fully saturated rings. The first-order chi connectivity index (χ1) is 9.56. The van der Waals surface area contributed by atoms with Crippen molar-refractivity contribution in [3.63, 3.8) is 0 Å². The van der Waals surface area contributed by atoms with Gasteiger partial charge in [-0.15, -0.1) is 0 Å². The fourth-order valence-corrected chi connectivity index (χ4v) is 1.48. The Morgan fingerprint density at radius 2 is 1.95 bits per heavy atom. The number of benzene rings is 2. The van der Waals surface area contributed by atoms with Crippen LogP contribution in [0.2, 0.25) is 0 Å². The molecule has 0 saturated heterocycles.